The molecule has 1 saturated heterocycles. The number of pyridine rings is 1. The van der Waals surface area contributed by atoms with Gasteiger partial charge in [-0.25, -0.2) is 0 Å². The number of nitrogens with one attached hydrogen (secondary N) is 1. The number of carbonyl (C=O) groups excluding carboxylic acids is 1. The van der Waals surface area contributed by atoms with Crippen LogP contribution in [0.25, 0.3) is 6.08 Å². The van der Waals surface area contributed by atoms with Gasteiger partial charge in [-0.2, -0.15) is 5.26 Å². The molecule has 0 atom stereocenters. The van der Waals surface area contributed by atoms with E-state index in [4.69, 9.17) is 12.2 Å². The van der Waals surface area contributed by atoms with Gasteiger partial charge in [0, 0.05) is 18.7 Å². The highest BCUT2D eigenvalue weighted by Gasteiger charge is 2.33. The smallest absolute Gasteiger partial charge is 0.270 e. The molecule has 0 saturated carbocycles. The van der Waals surface area contributed by atoms with Gasteiger partial charge in [0.2, 0.25) is 0 Å². The van der Waals surface area contributed by atoms with Crippen LogP contribution in [0, 0.1) is 25.2 Å². The Balaban J connectivity index is 1.76. The number of carbonyl (C=O) groups is 1. The minimum atomic E-state index is -0.332. The fourth-order valence-electron chi connectivity index (χ4n) is 4.22. The van der Waals surface area contributed by atoms with Gasteiger partial charge < -0.3 is 5.32 Å². The third kappa shape index (κ3) is 5.68. The van der Waals surface area contributed by atoms with E-state index in [1.807, 2.05) is 68.4 Å². The minimum absolute atomic E-state index is 0.0834. The van der Waals surface area contributed by atoms with Crippen molar-refractivity contribution in [2.24, 2.45) is 0 Å². The van der Waals surface area contributed by atoms with E-state index in [-0.39, 0.29) is 17.0 Å². The van der Waals surface area contributed by atoms with Gasteiger partial charge in [-0.3, -0.25) is 19.1 Å². The molecule has 1 amide bonds. The first-order valence-electron chi connectivity index (χ1n) is 12.1. The maximum Gasteiger partial charge on any atom is 0.270 e. The number of aryl methyl sites for hydroxylation is 1. The standard InChI is InChI=1S/C29H28N4O2S2/c1-4-14-32-26(31-17-21-8-6-5-7-9-21)23(20(3)24(16-30)27(32)34)15-25-28(35)33(29(36)37-25)18-22-12-10-19(2)11-13-22/h5-13,15,31H,4,14,17-18H2,1-3H3/b25-15+. The minimum Gasteiger partial charge on any atom is -0.367 e. The van der Waals surface area contributed by atoms with Gasteiger partial charge in [0.15, 0.2) is 0 Å². The Labute approximate surface area is 226 Å². The van der Waals surface area contributed by atoms with Crippen molar-refractivity contribution >= 4 is 46.1 Å². The van der Waals surface area contributed by atoms with Gasteiger partial charge in [0.05, 0.1) is 11.4 Å². The predicted octanol–water partition coefficient (Wildman–Crippen LogP) is 5.76. The third-order valence-electron chi connectivity index (χ3n) is 6.24. The molecule has 6 nitrogen and oxygen atoms in total. The summed E-state index contributed by atoms with van der Waals surface area (Å²) in [5.74, 6) is 0.409. The predicted molar refractivity (Wildman–Crippen MR) is 154 cm³/mol. The summed E-state index contributed by atoms with van der Waals surface area (Å²) in [6.45, 7) is 7.08. The molecular formula is C29H28N4O2S2. The highest BCUT2D eigenvalue weighted by molar-refractivity contribution is 8.26. The van der Waals surface area contributed by atoms with Gasteiger partial charge >= 0.3 is 0 Å². The normalized spacial score (nSPS) is 14.3. The summed E-state index contributed by atoms with van der Waals surface area (Å²) in [6, 6.07) is 20.0. The van der Waals surface area contributed by atoms with Crippen LogP contribution < -0.4 is 10.9 Å². The third-order valence-corrected chi connectivity index (χ3v) is 7.61. The summed E-state index contributed by atoms with van der Waals surface area (Å²) in [5.41, 5.74) is 4.14. The van der Waals surface area contributed by atoms with Crippen molar-refractivity contribution < 1.29 is 4.79 Å². The first-order valence-corrected chi connectivity index (χ1v) is 13.3. The first-order chi connectivity index (χ1) is 17.8. The van der Waals surface area contributed by atoms with Crippen LogP contribution in [0.1, 0.15) is 46.7 Å². The Hall–Kier alpha value is -3.67. The fourth-order valence-corrected chi connectivity index (χ4v) is 5.45. The van der Waals surface area contributed by atoms with Crippen molar-refractivity contribution in [3.63, 3.8) is 0 Å². The number of nitrogens with zero attached hydrogens (tertiary/aromatic N) is 3. The van der Waals surface area contributed by atoms with E-state index in [1.165, 1.54) is 11.8 Å². The van der Waals surface area contributed by atoms with Crippen molar-refractivity contribution in [2.45, 2.75) is 46.8 Å². The number of rotatable bonds is 8. The SMILES string of the molecule is CCCn1c(NCc2ccccc2)c(/C=C2/SC(=S)N(Cc3ccc(C)cc3)C2=O)c(C)c(C#N)c1=O. The molecule has 8 heteroatoms. The van der Waals surface area contributed by atoms with E-state index >= 15 is 0 Å². The second kappa shape index (κ2) is 11.6. The van der Waals surface area contributed by atoms with Crippen LogP contribution in [0.15, 0.2) is 64.3 Å². The lowest BCUT2D eigenvalue weighted by Gasteiger charge is -2.20. The van der Waals surface area contributed by atoms with Gasteiger partial charge in [0.25, 0.3) is 11.5 Å². The van der Waals surface area contributed by atoms with Crippen molar-refractivity contribution in [2.75, 3.05) is 5.32 Å². The molecule has 3 aromatic rings. The Morgan fingerprint density at radius 1 is 1.05 bits per heavy atom. The molecule has 0 aliphatic carbocycles. The molecule has 188 valence electrons. The number of amides is 1. The van der Waals surface area contributed by atoms with Crippen molar-refractivity contribution in [1.29, 1.82) is 5.26 Å². The molecule has 1 fully saturated rings. The molecule has 1 N–H and O–H groups in total. The zero-order valence-corrected chi connectivity index (χ0v) is 22.7. The largest absolute Gasteiger partial charge is 0.367 e. The zero-order valence-electron chi connectivity index (χ0n) is 21.1. The monoisotopic (exact) mass is 528 g/mol. The van der Waals surface area contributed by atoms with Crippen LogP contribution in [0.4, 0.5) is 5.82 Å². The number of hydrogen-bond donors (Lipinski definition) is 1. The van der Waals surface area contributed by atoms with Crippen LogP contribution in [-0.2, 0) is 24.4 Å². The highest BCUT2D eigenvalue weighted by Crippen LogP contribution is 2.36. The molecule has 0 spiro atoms. The Kier molecular flexibility index (Phi) is 8.27. The van der Waals surface area contributed by atoms with Crippen molar-refractivity contribution in [3.8, 4) is 6.07 Å². The second-order valence-electron chi connectivity index (χ2n) is 8.92. The summed E-state index contributed by atoms with van der Waals surface area (Å²) >= 11 is 6.80. The molecule has 2 heterocycles. The van der Waals surface area contributed by atoms with Crippen LogP contribution >= 0.6 is 24.0 Å². The molecular weight excluding hydrogens is 500 g/mol. The number of hydrogen-bond acceptors (Lipinski definition) is 6. The van der Waals surface area contributed by atoms with Crippen molar-refractivity contribution in [1.82, 2.24) is 9.47 Å². The molecule has 1 aliphatic heterocycles. The Bertz CT molecular complexity index is 1470. The van der Waals surface area contributed by atoms with E-state index < -0.39 is 0 Å². The molecule has 4 rings (SSSR count). The van der Waals surface area contributed by atoms with Crippen molar-refractivity contribution in [3.05, 3.63) is 103 Å². The van der Waals surface area contributed by atoms with Crippen LogP contribution in [-0.4, -0.2) is 19.7 Å². The Morgan fingerprint density at radius 3 is 2.41 bits per heavy atom. The molecule has 0 unspecified atom stereocenters. The van der Waals surface area contributed by atoms with Gasteiger partial charge in [-0.15, -0.1) is 0 Å². The summed E-state index contributed by atoms with van der Waals surface area (Å²) in [7, 11) is 0. The average Bonchev–Trinajstić information content (AvgIpc) is 3.16. The lowest BCUT2D eigenvalue weighted by molar-refractivity contribution is -0.122. The number of benzene rings is 2. The van der Waals surface area contributed by atoms with Gasteiger partial charge in [-0.1, -0.05) is 91.1 Å². The van der Waals surface area contributed by atoms with Gasteiger partial charge in [0.1, 0.15) is 21.8 Å². The second-order valence-corrected chi connectivity index (χ2v) is 10.6. The molecule has 1 aliphatic rings. The number of nitriles is 1. The lowest BCUT2D eigenvalue weighted by Crippen LogP contribution is -2.28. The summed E-state index contributed by atoms with van der Waals surface area (Å²) < 4.78 is 2.09. The lowest BCUT2D eigenvalue weighted by atomic mass is 10.0. The molecule has 0 radical (unpaired) electrons. The first kappa shape index (κ1) is 26.4. The van der Waals surface area contributed by atoms with E-state index in [0.29, 0.717) is 52.2 Å². The van der Waals surface area contributed by atoms with E-state index in [1.54, 1.807) is 22.5 Å². The molecule has 1 aromatic heterocycles. The number of anilines is 1. The number of thiocarbonyl (C=S) groups is 1. The van der Waals surface area contributed by atoms with E-state index in [9.17, 15) is 14.9 Å². The molecule has 0 bridgehead atoms. The zero-order chi connectivity index (χ0) is 26.5. The molecule has 2 aromatic carbocycles. The Morgan fingerprint density at radius 2 is 1.76 bits per heavy atom. The maximum atomic E-state index is 13.4. The summed E-state index contributed by atoms with van der Waals surface area (Å²) in [4.78, 5) is 28.7. The van der Waals surface area contributed by atoms with E-state index in [0.717, 1.165) is 16.7 Å². The van der Waals surface area contributed by atoms with Crippen LogP contribution in [0.5, 0.6) is 0 Å². The van der Waals surface area contributed by atoms with Gasteiger partial charge in [-0.05, 0) is 43.0 Å². The van der Waals surface area contributed by atoms with Crippen LogP contribution in [0.3, 0.4) is 0 Å². The number of thioether (sulfide) groups is 1. The summed E-state index contributed by atoms with van der Waals surface area (Å²) in [5, 5.41) is 13.2. The average molecular weight is 529 g/mol. The van der Waals surface area contributed by atoms with E-state index in [2.05, 4.69) is 11.4 Å². The fraction of sp³-hybridized carbons (Fsp3) is 0.241. The van der Waals surface area contributed by atoms with Crippen LogP contribution in [0.2, 0.25) is 0 Å². The molecule has 37 heavy (non-hydrogen) atoms. The highest BCUT2D eigenvalue weighted by atomic mass is 32.2. The number of aromatic nitrogens is 1. The maximum absolute atomic E-state index is 13.4. The quantitative estimate of drug-likeness (QED) is 0.296. The summed E-state index contributed by atoms with van der Waals surface area (Å²) in [6.07, 6.45) is 2.48. The topological polar surface area (TPSA) is 78.1 Å².